The van der Waals surface area contributed by atoms with Crippen LogP contribution in [0.25, 0.3) is 0 Å². The third-order valence-electron chi connectivity index (χ3n) is 6.33. The fourth-order valence-electron chi connectivity index (χ4n) is 3.40. The summed E-state index contributed by atoms with van der Waals surface area (Å²) in [6.07, 6.45) is 3.32. The molecular weight excluding hydrogens is 452 g/mol. The first kappa shape index (κ1) is 24.6. The van der Waals surface area contributed by atoms with E-state index in [0.29, 0.717) is 12.0 Å². The first-order valence-electron chi connectivity index (χ1n) is 10.6. The molecule has 0 aromatic carbocycles. The van der Waals surface area contributed by atoms with Gasteiger partial charge < -0.3 is 14.1 Å². The van der Waals surface area contributed by atoms with Gasteiger partial charge >= 0.3 is 5.69 Å². The van der Waals surface area contributed by atoms with Crippen LogP contribution in [0.5, 0.6) is 0 Å². The van der Waals surface area contributed by atoms with Crippen LogP contribution in [0.1, 0.15) is 45.4 Å². The highest BCUT2D eigenvalue weighted by Crippen LogP contribution is 2.41. The number of nitrogens with zero attached hydrogens (tertiary/aromatic N) is 2. The van der Waals surface area contributed by atoms with E-state index in [1.54, 1.807) is 6.92 Å². The highest BCUT2D eigenvalue weighted by Gasteiger charge is 2.45. The van der Waals surface area contributed by atoms with Gasteiger partial charge in [0.1, 0.15) is 6.23 Å². The summed E-state index contributed by atoms with van der Waals surface area (Å²) < 4.78 is 39.3. The maximum atomic E-state index is 12.6. The van der Waals surface area contributed by atoms with Gasteiger partial charge in [0.05, 0.1) is 18.0 Å². The molecule has 2 aromatic heterocycles. The Morgan fingerprint density at radius 3 is 2.59 bits per heavy atom. The Kier molecular flexibility index (Phi) is 6.71. The highest BCUT2D eigenvalue weighted by molar-refractivity contribution is 7.91. The van der Waals surface area contributed by atoms with Crippen molar-refractivity contribution in [1.29, 1.82) is 0 Å². The lowest BCUT2D eigenvalue weighted by Crippen LogP contribution is -2.46. The quantitative estimate of drug-likeness (QED) is 0.574. The minimum Gasteiger partial charge on any atom is -0.411 e. The lowest BCUT2D eigenvalue weighted by Gasteiger charge is -2.39. The van der Waals surface area contributed by atoms with Crippen molar-refractivity contribution in [2.24, 2.45) is 0 Å². The number of aromatic nitrogens is 4. The van der Waals surface area contributed by atoms with Crippen molar-refractivity contribution < 1.29 is 17.6 Å². The van der Waals surface area contributed by atoms with Crippen molar-refractivity contribution in [1.82, 2.24) is 19.5 Å². The molecule has 12 heteroatoms. The third-order valence-corrected chi connectivity index (χ3v) is 12.4. The molecule has 0 bridgehead atoms. The largest absolute Gasteiger partial charge is 0.411 e. The van der Waals surface area contributed by atoms with Gasteiger partial charge in [-0.2, -0.15) is 0 Å². The van der Waals surface area contributed by atoms with Crippen LogP contribution in [0, 0.1) is 6.92 Å². The zero-order valence-electron chi connectivity index (χ0n) is 19.3. The number of ether oxygens (including phenoxy) is 1. The van der Waals surface area contributed by atoms with Crippen molar-refractivity contribution in [3.8, 4) is 0 Å². The number of sulfone groups is 1. The van der Waals surface area contributed by atoms with Gasteiger partial charge in [0.15, 0.2) is 8.32 Å². The molecule has 0 saturated carbocycles. The zero-order valence-corrected chi connectivity index (χ0v) is 21.2. The van der Waals surface area contributed by atoms with Crippen molar-refractivity contribution in [3.63, 3.8) is 0 Å². The molecule has 0 spiro atoms. The van der Waals surface area contributed by atoms with Crippen molar-refractivity contribution in [2.75, 3.05) is 5.75 Å². The van der Waals surface area contributed by atoms with Crippen molar-refractivity contribution >= 4 is 18.2 Å². The summed E-state index contributed by atoms with van der Waals surface area (Å²) in [6.45, 7) is 12.2. The normalized spacial score (nSPS) is 22.4. The molecule has 1 aliphatic rings. The SMILES string of the molecule is Cc1cn([C@H]2C[C@H](O[Si](C)(C)C(C)(C)C)[C@@H](CCS(=O)(=O)c3ncc[nH]3)O2)c(=O)[nH]c1=O. The predicted octanol–water partition coefficient (Wildman–Crippen LogP) is 2.11. The molecule has 3 atom stereocenters. The van der Waals surface area contributed by atoms with Gasteiger partial charge in [-0.15, -0.1) is 0 Å². The Labute approximate surface area is 188 Å². The Morgan fingerprint density at radius 2 is 2.00 bits per heavy atom. The number of hydrogen-bond donors (Lipinski definition) is 2. The summed E-state index contributed by atoms with van der Waals surface area (Å²) >= 11 is 0. The van der Waals surface area contributed by atoms with Crippen LogP contribution in [-0.2, 0) is 19.0 Å². The summed E-state index contributed by atoms with van der Waals surface area (Å²) in [4.78, 5) is 32.9. The average molecular weight is 485 g/mol. The molecule has 2 aromatic rings. The summed E-state index contributed by atoms with van der Waals surface area (Å²) in [5.74, 6) is -0.172. The molecular formula is C20H32N4O6SSi. The lowest BCUT2D eigenvalue weighted by atomic mass is 10.1. The number of rotatable bonds is 7. The fraction of sp³-hybridized carbons (Fsp3) is 0.650. The highest BCUT2D eigenvalue weighted by atomic mass is 32.2. The van der Waals surface area contributed by atoms with Crippen LogP contribution in [0.2, 0.25) is 18.1 Å². The number of nitrogens with one attached hydrogen (secondary N) is 2. The molecule has 1 aliphatic heterocycles. The number of hydrogen-bond acceptors (Lipinski definition) is 7. The first-order chi connectivity index (χ1) is 14.7. The maximum Gasteiger partial charge on any atom is 0.330 e. The summed E-state index contributed by atoms with van der Waals surface area (Å²) in [7, 11) is -5.81. The van der Waals surface area contributed by atoms with Crippen LogP contribution in [-0.4, -0.2) is 54.2 Å². The van der Waals surface area contributed by atoms with E-state index in [4.69, 9.17) is 9.16 Å². The topological polar surface area (TPSA) is 136 Å². The minimum atomic E-state index is -3.61. The van der Waals surface area contributed by atoms with E-state index >= 15 is 0 Å². The van der Waals surface area contributed by atoms with Gasteiger partial charge in [0, 0.05) is 30.6 Å². The predicted molar refractivity (Wildman–Crippen MR) is 122 cm³/mol. The Hall–Kier alpha value is -2.02. The molecule has 0 aliphatic carbocycles. The van der Waals surface area contributed by atoms with E-state index in [1.807, 2.05) is 0 Å². The van der Waals surface area contributed by atoms with Crippen LogP contribution >= 0.6 is 0 Å². The second-order valence-electron chi connectivity index (χ2n) is 9.76. The van der Waals surface area contributed by atoms with Crippen LogP contribution in [0.3, 0.4) is 0 Å². The van der Waals surface area contributed by atoms with Crippen molar-refractivity contribution in [2.45, 2.75) is 82.3 Å². The third kappa shape index (κ3) is 5.13. The van der Waals surface area contributed by atoms with Gasteiger partial charge in [-0.3, -0.25) is 14.3 Å². The van der Waals surface area contributed by atoms with Crippen molar-refractivity contribution in [3.05, 3.63) is 45.0 Å². The molecule has 0 radical (unpaired) electrons. The average Bonchev–Trinajstić information content (AvgIpc) is 3.32. The van der Waals surface area contributed by atoms with Crippen LogP contribution < -0.4 is 11.2 Å². The summed E-state index contributed by atoms with van der Waals surface area (Å²) in [5.41, 5.74) is -0.626. The zero-order chi connectivity index (χ0) is 23.9. The van der Waals surface area contributed by atoms with E-state index in [0.717, 1.165) is 0 Å². The Bertz CT molecular complexity index is 1160. The summed E-state index contributed by atoms with van der Waals surface area (Å²) in [6, 6.07) is 0. The molecule has 0 unspecified atom stereocenters. The van der Waals surface area contributed by atoms with Crippen LogP contribution in [0.4, 0.5) is 0 Å². The molecule has 3 heterocycles. The molecule has 10 nitrogen and oxygen atoms in total. The number of imidazole rings is 1. The molecule has 32 heavy (non-hydrogen) atoms. The minimum absolute atomic E-state index is 0.0543. The van der Waals surface area contributed by atoms with Gasteiger partial charge in [0.2, 0.25) is 15.0 Å². The maximum absolute atomic E-state index is 12.6. The Morgan fingerprint density at radius 1 is 1.31 bits per heavy atom. The van der Waals surface area contributed by atoms with Crippen LogP contribution in [0.15, 0.2) is 33.3 Å². The second kappa shape index (κ2) is 8.73. The smallest absolute Gasteiger partial charge is 0.330 e. The monoisotopic (exact) mass is 484 g/mol. The lowest BCUT2D eigenvalue weighted by molar-refractivity contribution is -0.0194. The van der Waals surface area contributed by atoms with Gasteiger partial charge in [-0.1, -0.05) is 20.8 Å². The van der Waals surface area contributed by atoms with E-state index in [2.05, 4.69) is 48.8 Å². The molecule has 1 saturated heterocycles. The van der Waals surface area contributed by atoms with Gasteiger partial charge in [0.25, 0.3) is 5.56 Å². The number of aryl methyl sites for hydroxylation is 1. The molecule has 0 amide bonds. The van der Waals surface area contributed by atoms with Gasteiger partial charge in [-0.25, -0.2) is 18.2 Å². The molecule has 3 rings (SSSR count). The summed E-state index contributed by atoms with van der Waals surface area (Å²) in [5, 5.41) is -0.136. The molecule has 2 N–H and O–H groups in total. The van der Waals surface area contributed by atoms with E-state index in [-0.39, 0.29) is 28.5 Å². The number of H-pyrrole nitrogens is 2. The van der Waals surface area contributed by atoms with Gasteiger partial charge in [-0.05, 0) is 31.5 Å². The fourth-order valence-corrected chi connectivity index (χ4v) is 5.96. The Balaban J connectivity index is 1.87. The standard InChI is InChI=1S/C20H32N4O6SSi/c1-13-12-24(19(26)23-17(13)25)16-11-15(30-32(5,6)20(2,3)4)14(29-16)7-10-31(27,28)18-21-8-9-22-18/h8-9,12,14-16H,7,10-11H2,1-6H3,(H,21,22)(H,23,25,26)/t14-,15+,16-/m1/s1. The number of aromatic amines is 2. The molecule has 1 fully saturated rings. The second-order valence-corrected chi connectivity index (χ2v) is 16.5. The first-order valence-corrected chi connectivity index (χ1v) is 15.1. The van der Waals surface area contributed by atoms with E-state index in [1.165, 1.54) is 23.2 Å². The molecule has 178 valence electrons. The van der Waals surface area contributed by atoms with E-state index < -0.39 is 41.7 Å². The van der Waals surface area contributed by atoms with E-state index in [9.17, 15) is 18.0 Å².